The largest absolute Gasteiger partial charge is 0.493 e. The third-order valence-electron chi connectivity index (χ3n) is 4.87. The second-order valence-electron chi connectivity index (χ2n) is 8.01. The van der Waals surface area contributed by atoms with Gasteiger partial charge in [-0.1, -0.05) is 45.0 Å². The summed E-state index contributed by atoms with van der Waals surface area (Å²) < 4.78 is 16.1. The van der Waals surface area contributed by atoms with Crippen molar-refractivity contribution in [2.75, 3.05) is 25.7 Å². The normalized spacial score (nSPS) is 13.4. The Labute approximate surface area is 183 Å². The summed E-state index contributed by atoms with van der Waals surface area (Å²) in [4.78, 5) is 10.8. The van der Waals surface area contributed by atoms with Crippen LogP contribution in [0, 0.1) is 5.92 Å². The molecule has 2 aromatic rings. The Hall–Kier alpha value is -2.24. The van der Waals surface area contributed by atoms with Crippen molar-refractivity contribution in [2.24, 2.45) is 5.92 Å². The van der Waals surface area contributed by atoms with E-state index in [2.05, 4.69) is 32.9 Å². The van der Waals surface area contributed by atoms with Crippen molar-refractivity contribution in [2.45, 2.75) is 39.2 Å². The predicted octanol–water partition coefficient (Wildman–Crippen LogP) is 4.57. The topological polar surface area (TPSA) is 65.0 Å². The zero-order chi connectivity index (χ0) is 22.1. The van der Waals surface area contributed by atoms with Gasteiger partial charge < -0.3 is 19.3 Å². The van der Waals surface area contributed by atoms with Crippen molar-refractivity contribution in [1.82, 2.24) is 0 Å². The van der Waals surface area contributed by atoms with Gasteiger partial charge in [-0.2, -0.15) is 0 Å². The molecule has 0 radical (unpaired) electrons. The first-order valence-electron chi connectivity index (χ1n) is 10.1. The minimum Gasteiger partial charge on any atom is -0.493 e. The van der Waals surface area contributed by atoms with Gasteiger partial charge in [0.05, 0.1) is 6.61 Å². The van der Waals surface area contributed by atoms with E-state index < -0.39 is 12.1 Å². The van der Waals surface area contributed by atoms with Gasteiger partial charge in [0.15, 0.2) is 0 Å². The van der Waals surface area contributed by atoms with Crippen LogP contribution in [0.25, 0.3) is 0 Å². The monoisotopic (exact) mass is 434 g/mol. The summed E-state index contributed by atoms with van der Waals surface area (Å²) >= 11 is 5.82. The number of alkyl halides is 1. The molecule has 1 N–H and O–H groups in total. The minimum atomic E-state index is -0.863. The zero-order valence-electron chi connectivity index (χ0n) is 18.1. The van der Waals surface area contributed by atoms with Gasteiger partial charge in [-0.05, 0) is 35.4 Å². The Bertz CT molecular complexity index is 786. The Morgan fingerprint density at radius 3 is 1.83 bits per heavy atom. The number of rotatable bonds is 11. The third-order valence-corrected chi connectivity index (χ3v) is 5.40. The van der Waals surface area contributed by atoms with E-state index in [4.69, 9.17) is 25.8 Å². The third kappa shape index (κ3) is 7.22. The highest BCUT2D eigenvalue weighted by molar-refractivity contribution is 6.18. The standard InChI is InChI=1S/C24H31ClO5/c1-17(13-25)14-29-22-9-5-19(6-10-22)24(3,4)20-7-11-23(12-8-20)30-16-21(27)15-28-18(2)26/h5-12,17,21,27H,13-16H2,1-4H3/t17-,21+/m0/s1. The Morgan fingerprint density at radius 2 is 1.40 bits per heavy atom. The van der Waals surface area contributed by atoms with Crippen LogP contribution in [-0.4, -0.2) is 42.9 Å². The van der Waals surface area contributed by atoms with Gasteiger partial charge in [0, 0.05) is 24.1 Å². The quantitative estimate of drug-likeness (QED) is 0.414. The molecule has 164 valence electrons. The minimum absolute atomic E-state index is 0.0554. The summed E-state index contributed by atoms with van der Waals surface area (Å²) in [5.74, 6) is 1.95. The van der Waals surface area contributed by atoms with E-state index in [0.29, 0.717) is 24.2 Å². The number of hydrogen-bond donors (Lipinski definition) is 1. The van der Waals surface area contributed by atoms with Crippen molar-refractivity contribution in [3.63, 3.8) is 0 Å². The SMILES string of the molecule is CC(=O)OC[C@@H](O)COc1ccc(C(C)(C)c2ccc(OC[C@@H](C)CCl)cc2)cc1. The lowest BCUT2D eigenvalue weighted by Crippen LogP contribution is -2.24. The van der Waals surface area contributed by atoms with Crippen LogP contribution in [0.5, 0.6) is 11.5 Å². The molecule has 0 saturated carbocycles. The molecule has 0 fully saturated rings. The first kappa shape index (κ1) is 24.0. The number of aliphatic hydroxyl groups is 1. The maximum absolute atomic E-state index is 10.8. The van der Waals surface area contributed by atoms with E-state index >= 15 is 0 Å². The molecule has 2 rings (SSSR count). The second kappa shape index (κ2) is 11.2. The molecule has 0 aliphatic rings. The van der Waals surface area contributed by atoms with Crippen LogP contribution in [0.15, 0.2) is 48.5 Å². The average molecular weight is 435 g/mol. The molecule has 0 spiro atoms. The van der Waals surface area contributed by atoms with Crippen LogP contribution in [0.1, 0.15) is 38.8 Å². The molecule has 0 aliphatic carbocycles. The Morgan fingerprint density at radius 1 is 0.933 bits per heavy atom. The van der Waals surface area contributed by atoms with E-state index in [0.717, 1.165) is 11.3 Å². The van der Waals surface area contributed by atoms with Crippen LogP contribution in [0.2, 0.25) is 0 Å². The molecule has 0 saturated heterocycles. The first-order chi connectivity index (χ1) is 14.2. The van der Waals surface area contributed by atoms with Crippen LogP contribution >= 0.6 is 11.6 Å². The molecule has 0 heterocycles. The molecule has 2 atom stereocenters. The average Bonchev–Trinajstić information content (AvgIpc) is 2.75. The summed E-state index contributed by atoms with van der Waals surface area (Å²) in [5.41, 5.74) is 2.11. The van der Waals surface area contributed by atoms with E-state index in [1.807, 2.05) is 36.4 Å². The predicted molar refractivity (Wildman–Crippen MR) is 119 cm³/mol. The van der Waals surface area contributed by atoms with E-state index in [1.165, 1.54) is 12.5 Å². The highest BCUT2D eigenvalue weighted by Crippen LogP contribution is 2.33. The fourth-order valence-corrected chi connectivity index (χ4v) is 2.93. The van der Waals surface area contributed by atoms with Gasteiger partial charge in [0.25, 0.3) is 0 Å². The number of aliphatic hydroxyl groups excluding tert-OH is 1. The number of carbonyl (C=O) groups excluding carboxylic acids is 1. The molecule has 0 aromatic heterocycles. The van der Waals surface area contributed by atoms with Crippen molar-refractivity contribution in [3.8, 4) is 11.5 Å². The number of ether oxygens (including phenoxy) is 3. The smallest absolute Gasteiger partial charge is 0.302 e. The van der Waals surface area contributed by atoms with Gasteiger partial charge in [-0.25, -0.2) is 0 Å². The lowest BCUT2D eigenvalue weighted by Gasteiger charge is -2.26. The number of benzene rings is 2. The van der Waals surface area contributed by atoms with Crippen molar-refractivity contribution in [3.05, 3.63) is 59.7 Å². The lowest BCUT2D eigenvalue weighted by molar-refractivity contribution is -0.144. The first-order valence-corrected chi connectivity index (χ1v) is 10.6. The molecule has 30 heavy (non-hydrogen) atoms. The fraction of sp³-hybridized carbons (Fsp3) is 0.458. The van der Waals surface area contributed by atoms with Crippen LogP contribution in [0.3, 0.4) is 0 Å². The maximum atomic E-state index is 10.8. The summed E-state index contributed by atoms with van der Waals surface area (Å²) in [6, 6.07) is 15.9. The molecule has 0 aliphatic heterocycles. The van der Waals surface area contributed by atoms with Crippen LogP contribution < -0.4 is 9.47 Å². The highest BCUT2D eigenvalue weighted by atomic mass is 35.5. The molecule has 0 bridgehead atoms. The van der Waals surface area contributed by atoms with Crippen molar-refractivity contribution in [1.29, 1.82) is 0 Å². The summed E-state index contributed by atoms with van der Waals surface area (Å²) in [7, 11) is 0. The van der Waals surface area contributed by atoms with Gasteiger partial charge in [-0.15, -0.1) is 11.6 Å². The van der Waals surface area contributed by atoms with Crippen LogP contribution in [0.4, 0.5) is 0 Å². The van der Waals surface area contributed by atoms with Gasteiger partial charge in [0.1, 0.15) is 30.8 Å². The molecular weight excluding hydrogens is 404 g/mol. The van der Waals surface area contributed by atoms with E-state index in [1.54, 1.807) is 0 Å². The number of carbonyl (C=O) groups is 1. The van der Waals surface area contributed by atoms with Crippen molar-refractivity contribution < 1.29 is 24.1 Å². The van der Waals surface area contributed by atoms with Gasteiger partial charge >= 0.3 is 5.97 Å². The molecule has 0 unspecified atom stereocenters. The zero-order valence-corrected chi connectivity index (χ0v) is 18.8. The molecule has 5 nitrogen and oxygen atoms in total. The van der Waals surface area contributed by atoms with Crippen molar-refractivity contribution >= 4 is 17.6 Å². The van der Waals surface area contributed by atoms with Gasteiger partial charge in [0.2, 0.25) is 0 Å². The molecule has 2 aromatic carbocycles. The number of hydrogen-bond acceptors (Lipinski definition) is 5. The second-order valence-corrected chi connectivity index (χ2v) is 8.32. The summed E-state index contributed by atoms with van der Waals surface area (Å²) in [6.45, 7) is 8.26. The molecule has 0 amide bonds. The Kier molecular flexibility index (Phi) is 9.00. The van der Waals surface area contributed by atoms with E-state index in [9.17, 15) is 9.90 Å². The fourth-order valence-electron chi connectivity index (χ4n) is 2.84. The van der Waals surface area contributed by atoms with Gasteiger partial charge in [-0.3, -0.25) is 4.79 Å². The molecule has 6 heteroatoms. The maximum Gasteiger partial charge on any atom is 0.302 e. The molecular formula is C24H31ClO5. The number of esters is 1. The summed E-state index contributed by atoms with van der Waals surface area (Å²) in [5, 5.41) is 9.78. The van der Waals surface area contributed by atoms with Crippen LogP contribution in [-0.2, 0) is 14.9 Å². The number of halogens is 1. The summed E-state index contributed by atoms with van der Waals surface area (Å²) in [6.07, 6.45) is -0.863. The van der Waals surface area contributed by atoms with E-state index in [-0.39, 0.29) is 18.6 Å². The Balaban J connectivity index is 1.96. The highest BCUT2D eigenvalue weighted by Gasteiger charge is 2.23. The lowest BCUT2D eigenvalue weighted by atomic mass is 9.78.